The van der Waals surface area contributed by atoms with Crippen molar-refractivity contribution in [2.24, 2.45) is 5.73 Å². The number of hydrogen-bond acceptors (Lipinski definition) is 5. The third-order valence-electron chi connectivity index (χ3n) is 2.78. The van der Waals surface area contributed by atoms with Crippen LogP contribution in [0.4, 0.5) is 8.78 Å². The molecule has 0 bridgehead atoms. The van der Waals surface area contributed by atoms with Crippen molar-refractivity contribution in [2.45, 2.75) is 16.9 Å². The average Bonchev–Trinajstić information content (AvgIpc) is 2.53. The molecule has 0 aliphatic carbocycles. The molecule has 1 atom stereocenters. The smallest absolute Gasteiger partial charge is 0.342 e. The number of rotatable bonds is 6. The Morgan fingerprint density at radius 1 is 1.13 bits per heavy atom. The van der Waals surface area contributed by atoms with Gasteiger partial charge in [-0.2, -0.15) is 8.78 Å². The fourth-order valence-corrected chi connectivity index (χ4v) is 2.38. The van der Waals surface area contributed by atoms with E-state index in [-0.39, 0.29) is 22.4 Å². The number of ether oxygens (including phenoxy) is 1. The first-order valence-electron chi connectivity index (χ1n) is 6.44. The van der Waals surface area contributed by atoms with Gasteiger partial charge >= 0.3 is 5.97 Å². The Bertz CT molecular complexity index is 698. The minimum Gasteiger partial charge on any atom is -0.444 e. The summed E-state index contributed by atoms with van der Waals surface area (Å²) in [6.45, 7) is 0. The number of primary amides is 1. The fraction of sp³-hybridized carbons (Fsp3) is 0.133. The van der Waals surface area contributed by atoms with Gasteiger partial charge in [0.05, 0.1) is 5.56 Å². The maximum Gasteiger partial charge on any atom is 0.342 e. The van der Waals surface area contributed by atoms with Gasteiger partial charge in [-0.05, 0) is 23.9 Å². The first kappa shape index (κ1) is 16.9. The number of amides is 1. The van der Waals surface area contributed by atoms with Crippen LogP contribution in [0.3, 0.4) is 0 Å². The summed E-state index contributed by atoms with van der Waals surface area (Å²) in [6, 6.07) is 10.9. The Labute approximate surface area is 134 Å². The van der Waals surface area contributed by atoms with Crippen LogP contribution >= 0.6 is 11.8 Å². The molecule has 0 saturated carbocycles. The highest BCUT2D eigenvalue weighted by Gasteiger charge is 2.25. The van der Waals surface area contributed by atoms with E-state index < -0.39 is 23.7 Å². The minimum absolute atomic E-state index is 0.123. The molecule has 1 aromatic carbocycles. The molecule has 5 nitrogen and oxygen atoms in total. The molecule has 120 valence electrons. The molecule has 1 amide bonds. The van der Waals surface area contributed by atoms with Crippen LogP contribution < -0.4 is 5.73 Å². The average molecular weight is 338 g/mol. The van der Waals surface area contributed by atoms with E-state index in [4.69, 9.17) is 10.5 Å². The largest absolute Gasteiger partial charge is 0.444 e. The second kappa shape index (κ2) is 7.68. The molecule has 23 heavy (non-hydrogen) atoms. The van der Waals surface area contributed by atoms with Crippen molar-refractivity contribution in [1.29, 1.82) is 0 Å². The SMILES string of the molecule is NC(=O)[C@H](OC(=O)c1cccnc1SC(F)F)c1ccccc1. The number of nitrogens with two attached hydrogens (primary N) is 1. The van der Waals surface area contributed by atoms with Crippen molar-refractivity contribution in [3.63, 3.8) is 0 Å². The van der Waals surface area contributed by atoms with Crippen molar-refractivity contribution >= 4 is 23.6 Å². The second-order valence-electron chi connectivity index (χ2n) is 4.33. The summed E-state index contributed by atoms with van der Waals surface area (Å²) in [5.74, 6) is -4.55. The van der Waals surface area contributed by atoms with E-state index in [1.54, 1.807) is 30.3 Å². The number of nitrogens with zero attached hydrogens (tertiary/aromatic N) is 1. The Morgan fingerprint density at radius 3 is 2.43 bits per heavy atom. The predicted molar refractivity (Wildman–Crippen MR) is 79.9 cm³/mol. The van der Waals surface area contributed by atoms with Crippen LogP contribution in [0.2, 0.25) is 0 Å². The van der Waals surface area contributed by atoms with Gasteiger partial charge in [0.15, 0.2) is 0 Å². The molecule has 2 aromatic rings. The molecular weight excluding hydrogens is 326 g/mol. The van der Waals surface area contributed by atoms with Crippen LogP contribution in [0.1, 0.15) is 22.0 Å². The molecule has 0 unspecified atom stereocenters. The Morgan fingerprint density at radius 2 is 1.83 bits per heavy atom. The number of alkyl halides is 2. The molecule has 2 rings (SSSR count). The Kier molecular flexibility index (Phi) is 5.64. The molecule has 0 aliphatic heterocycles. The lowest BCUT2D eigenvalue weighted by Crippen LogP contribution is -2.26. The van der Waals surface area contributed by atoms with E-state index in [1.807, 2.05) is 0 Å². The lowest BCUT2D eigenvalue weighted by Gasteiger charge is -2.15. The zero-order valence-corrected chi connectivity index (χ0v) is 12.5. The maximum atomic E-state index is 12.5. The number of thioether (sulfide) groups is 1. The van der Waals surface area contributed by atoms with E-state index in [2.05, 4.69) is 4.98 Å². The van der Waals surface area contributed by atoms with Crippen molar-refractivity contribution in [3.05, 3.63) is 59.8 Å². The Balaban J connectivity index is 2.25. The van der Waals surface area contributed by atoms with Crippen LogP contribution in [0.25, 0.3) is 0 Å². The van der Waals surface area contributed by atoms with Crippen LogP contribution in [-0.4, -0.2) is 22.6 Å². The first-order chi connectivity index (χ1) is 11.0. The zero-order chi connectivity index (χ0) is 16.8. The number of esters is 1. The van der Waals surface area contributed by atoms with E-state index in [9.17, 15) is 18.4 Å². The van der Waals surface area contributed by atoms with E-state index >= 15 is 0 Å². The zero-order valence-electron chi connectivity index (χ0n) is 11.7. The lowest BCUT2D eigenvalue weighted by molar-refractivity contribution is -0.127. The molecule has 1 heterocycles. The highest BCUT2D eigenvalue weighted by molar-refractivity contribution is 7.99. The van der Waals surface area contributed by atoms with Gasteiger partial charge in [-0.3, -0.25) is 4.79 Å². The summed E-state index contributed by atoms with van der Waals surface area (Å²) >= 11 is 0.123. The number of carbonyl (C=O) groups is 2. The molecule has 0 fully saturated rings. The third kappa shape index (κ3) is 4.49. The number of benzene rings is 1. The summed E-state index contributed by atoms with van der Waals surface area (Å²) in [5.41, 5.74) is 5.49. The number of halogens is 2. The summed E-state index contributed by atoms with van der Waals surface area (Å²) in [4.78, 5) is 27.5. The summed E-state index contributed by atoms with van der Waals surface area (Å²) in [7, 11) is 0. The van der Waals surface area contributed by atoms with Gasteiger partial charge in [0.2, 0.25) is 6.10 Å². The number of pyridine rings is 1. The highest BCUT2D eigenvalue weighted by atomic mass is 32.2. The Hall–Kier alpha value is -2.48. The lowest BCUT2D eigenvalue weighted by atomic mass is 10.1. The van der Waals surface area contributed by atoms with E-state index in [0.29, 0.717) is 5.56 Å². The molecule has 0 spiro atoms. The van der Waals surface area contributed by atoms with Crippen LogP contribution in [0.15, 0.2) is 53.7 Å². The van der Waals surface area contributed by atoms with Gasteiger partial charge in [0, 0.05) is 11.8 Å². The van der Waals surface area contributed by atoms with Crippen LogP contribution in [-0.2, 0) is 9.53 Å². The maximum absolute atomic E-state index is 12.5. The van der Waals surface area contributed by atoms with Gasteiger partial charge in [0.25, 0.3) is 11.7 Å². The van der Waals surface area contributed by atoms with Gasteiger partial charge in [-0.25, -0.2) is 9.78 Å². The van der Waals surface area contributed by atoms with Crippen molar-refractivity contribution in [2.75, 3.05) is 0 Å². The molecule has 8 heteroatoms. The molecular formula is C15H12F2N2O3S. The summed E-state index contributed by atoms with van der Waals surface area (Å²) in [6.07, 6.45) is -0.0298. The highest BCUT2D eigenvalue weighted by Crippen LogP contribution is 2.28. The number of hydrogen-bond donors (Lipinski definition) is 1. The quantitative estimate of drug-likeness (QED) is 0.647. The molecule has 0 aliphatic rings. The van der Waals surface area contributed by atoms with E-state index in [1.165, 1.54) is 18.3 Å². The monoisotopic (exact) mass is 338 g/mol. The summed E-state index contributed by atoms with van der Waals surface area (Å²) in [5, 5.41) is -0.177. The molecule has 0 radical (unpaired) electrons. The van der Waals surface area contributed by atoms with Gasteiger partial charge < -0.3 is 10.5 Å². The van der Waals surface area contributed by atoms with Gasteiger partial charge in [-0.1, -0.05) is 30.3 Å². The van der Waals surface area contributed by atoms with Gasteiger partial charge in [0.1, 0.15) is 5.03 Å². The van der Waals surface area contributed by atoms with Crippen molar-refractivity contribution < 1.29 is 23.1 Å². The molecule has 0 saturated heterocycles. The van der Waals surface area contributed by atoms with Crippen LogP contribution in [0, 0.1) is 0 Å². The minimum atomic E-state index is -2.74. The number of aromatic nitrogens is 1. The molecule has 2 N–H and O–H groups in total. The molecule has 1 aromatic heterocycles. The van der Waals surface area contributed by atoms with Gasteiger partial charge in [-0.15, -0.1) is 0 Å². The van der Waals surface area contributed by atoms with Crippen molar-refractivity contribution in [3.8, 4) is 0 Å². The summed E-state index contributed by atoms with van der Waals surface area (Å²) < 4.78 is 30.1. The van der Waals surface area contributed by atoms with Crippen molar-refractivity contribution in [1.82, 2.24) is 4.98 Å². The predicted octanol–water partition coefficient (Wildman–Crippen LogP) is 2.78. The topological polar surface area (TPSA) is 82.3 Å². The second-order valence-corrected chi connectivity index (χ2v) is 5.31. The third-order valence-corrected chi connectivity index (χ3v) is 3.50. The fourth-order valence-electron chi connectivity index (χ4n) is 1.81. The normalized spacial score (nSPS) is 12.0. The van der Waals surface area contributed by atoms with E-state index in [0.717, 1.165) is 0 Å². The number of carbonyl (C=O) groups excluding carboxylic acids is 2. The standard InChI is InChI=1S/C15H12F2N2O3S/c16-15(17)23-13-10(7-4-8-19-13)14(21)22-11(12(18)20)9-5-2-1-3-6-9/h1-8,11,15H,(H2,18,20)/t11-/m1/s1. The van der Waals surface area contributed by atoms with Crippen LogP contribution in [0.5, 0.6) is 0 Å². The first-order valence-corrected chi connectivity index (χ1v) is 7.32.